The standard InChI is InChI=1S/C22H17F3N2O2/c1-21(17-10-9-15-6-2-3-7-16(15)12-17)19(28)27(20(29)26-21)13-14-5-4-8-18(11-14)22(23,24)25/h2-12H,13H2,1H3,(H,26,29). The lowest BCUT2D eigenvalue weighted by Gasteiger charge is -2.23. The molecule has 0 aliphatic carbocycles. The first-order valence-corrected chi connectivity index (χ1v) is 8.98. The van der Waals surface area contributed by atoms with E-state index in [9.17, 15) is 22.8 Å². The summed E-state index contributed by atoms with van der Waals surface area (Å²) in [6.07, 6.45) is -4.49. The Morgan fingerprint density at radius 1 is 0.931 bits per heavy atom. The summed E-state index contributed by atoms with van der Waals surface area (Å²) < 4.78 is 38.8. The number of halogens is 3. The molecule has 7 heteroatoms. The minimum absolute atomic E-state index is 0.228. The molecule has 0 bridgehead atoms. The molecule has 3 amide bonds. The zero-order chi connectivity index (χ0) is 20.8. The Morgan fingerprint density at radius 2 is 1.66 bits per heavy atom. The molecule has 0 spiro atoms. The van der Waals surface area contributed by atoms with Crippen molar-refractivity contribution in [1.82, 2.24) is 10.2 Å². The summed E-state index contributed by atoms with van der Waals surface area (Å²) >= 11 is 0. The lowest BCUT2D eigenvalue weighted by Crippen LogP contribution is -2.40. The Balaban J connectivity index is 1.64. The van der Waals surface area contributed by atoms with Crippen molar-refractivity contribution in [3.05, 3.63) is 83.4 Å². The highest BCUT2D eigenvalue weighted by Crippen LogP contribution is 2.33. The third-order valence-corrected chi connectivity index (χ3v) is 5.20. The van der Waals surface area contributed by atoms with Gasteiger partial charge >= 0.3 is 12.2 Å². The third-order valence-electron chi connectivity index (χ3n) is 5.20. The van der Waals surface area contributed by atoms with Crippen LogP contribution in [0.1, 0.15) is 23.6 Å². The van der Waals surface area contributed by atoms with Crippen molar-refractivity contribution in [3.8, 4) is 0 Å². The van der Waals surface area contributed by atoms with E-state index < -0.39 is 29.2 Å². The maximum atomic E-state index is 13.1. The lowest BCUT2D eigenvalue weighted by molar-refractivity contribution is -0.137. The summed E-state index contributed by atoms with van der Waals surface area (Å²) in [5.41, 5.74) is -1.27. The van der Waals surface area contributed by atoms with Crippen LogP contribution in [0.15, 0.2) is 66.7 Å². The molecule has 1 unspecified atom stereocenters. The summed E-state index contributed by atoms with van der Waals surface area (Å²) in [6, 6.07) is 17.1. The normalized spacial score (nSPS) is 19.7. The topological polar surface area (TPSA) is 49.4 Å². The van der Waals surface area contributed by atoms with Gasteiger partial charge in [-0.3, -0.25) is 9.69 Å². The molecule has 3 aromatic carbocycles. The minimum Gasteiger partial charge on any atom is -0.319 e. The van der Waals surface area contributed by atoms with Crippen LogP contribution in [-0.4, -0.2) is 16.8 Å². The van der Waals surface area contributed by atoms with Crippen LogP contribution < -0.4 is 5.32 Å². The first kappa shape index (κ1) is 19.0. The van der Waals surface area contributed by atoms with Gasteiger partial charge in [-0.2, -0.15) is 13.2 Å². The van der Waals surface area contributed by atoms with Gasteiger partial charge in [-0.25, -0.2) is 4.79 Å². The van der Waals surface area contributed by atoms with Crippen LogP contribution in [0.4, 0.5) is 18.0 Å². The fourth-order valence-corrected chi connectivity index (χ4v) is 3.57. The van der Waals surface area contributed by atoms with Crippen LogP contribution in [0.25, 0.3) is 10.8 Å². The number of imide groups is 1. The predicted molar refractivity (Wildman–Crippen MR) is 102 cm³/mol. The number of urea groups is 1. The number of nitrogens with zero attached hydrogens (tertiary/aromatic N) is 1. The maximum absolute atomic E-state index is 13.1. The fraction of sp³-hybridized carbons (Fsp3) is 0.182. The Hall–Kier alpha value is -3.35. The van der Waals surface area contributed by atoms with Crippen LogP contribution in [0.2, 0.25) is 0 Å². The summed E-state index contributed by atoms with van der Waals surface area (Å²) in [5, 5.41) is 4.61. The smallest absolute Gasteiger partial charge is 0.319 e. The van der Waals surface area contributed by atoms with E-state index in [1.807, 2.05) is 36.4 Å². The monoisotopic (exact) mass is 398 g/mol. The molecule has 1 aliphatic rings. The predicted octanol–water partition coefficient (Wildman–Crippen LogP) is 4.83. The number of amides is 3. The molecule has 3 aromatic rings. The van der Waals surface area contributed by atoms with E-state index in [1.165, 1.54) is 12.1 Å². The molecule has 0 aromatic heterocycles. The van der Waals surface area contributed by atoms with E-state index in [0.717, 1.165) is 27.8 Å². The molecule has 1 N–H and O–H groups in total. The summed E-state index contributed by atoms with van der Waals surface area (Å²) in [5.74, 6) is -0.504. The van der Waals surface area contributed by atoms with Gasteiger partial charge in [0.1, 0.15) is 5.54 Å². The Labute approximate surface area is 164 Å². The second-order valence-electron chi connectivity index (χ2n) is 7.21. The van der Waals surface area contributed by atoms with Crippen molar-refractivity contribution in [2.45, 2.75) is 25.2 Å². The van der Waals surface area contributed by atoms with Crippen molar-refractivity contribution >= 4 is 22.7 Å². The highest BCUT2D eigenvalue weighted by molar-refractivity contribution is 6.07. The molecule has 148 valence electrons. The number of hydrogen-bond acceptors (Lipinski definition) is 2. The summed E-state index contributed by atoms with van der Waals surface area (Å²) in [6.45, 7) is 1.36. The second-order valence-corrected chi connectivity index (χ2v) is 7.21. The quantitative estimate of drug-likeness (QED) is 0.643. The van der Waals surface area contributed by atoms with Gasteiger partial charge in [0, 0.05) is 0 Å². The number of nitrogens with one attached hydrogen (secondary N) is 1. The van der Waals surface area contributed by atoms with E-state index in [4.69, 9.17) is 0 Å². The third kappa shape index (κ3) is 3.33. The largest absolute Gasteiger partial charge is 0.416 e. The SMILES string of the molecule is CC1(c2ccc3ccccc3c2)NC(=O)N(Cc2cccc(C(F)(F)F)c2)C1=O. The average molecular weight is 398 g/mol. The van der Waals surface area contributed by atoms with Gasteiger partial charge in [0.2, 0.25) is 0 Å². The van der Waals surface area contributed by atoms with Crippen molar-refractivity contribution < 1.29 is 22.8 Å². The lowest BCUT2D eigenvalue weighted by atomic mass is 9.90. The van der Waals surface area contributed by atoms with Crippen molar-refractivity contribution in [1.29, 1.82) is 0 Å². The van der Waals surface area contributed by atoms with Gasteiger partial charge in [-0.15, -0.1) is 0 Å². The van der Waals surface area contributed by atoms with Gasteiger partial charge in [-0.05, 0) is 47.0 Å². The van der Waals surface area contributed by atoms with Crippen molar-refractivity contribution in [3.63, 3.8) is 0 Å². The number of carbonyl (C=O) groups excluding carboxylic acids is 2. The van der Waals surface area contributed by atoms with Gasteiger partial charge in [0.25, 0.3) is 5.91 Å². The molecule has 29 heavy (non-hydrogen) atoms. The molecule has 1 heterocycles. The number of fused-ring (bicyclic) bond motifs is 1. The maximum Gasteiger partial charge on any atom is 0.416 e. The van der Waals surface area contributed by atoms with Crippen LogP contribution >= 0.6 is 0 Å². The zero-order valence-electron chi connectivity index (χ0n) is 15.5. The van der Waals surface area contributed by atoms with Crippen molar-refractivity contribution in [2.24, 2.45) is 0 Å². The number of rotatable bonds is 3. The first-order chi connectivity index (χ1) is 13.7. The molecule has 0 saturated carbocycles. The number of alkyl halides is 3. The summed E-state index contributed by atoms with van der Waals surface area (Å²) in [4.78, 5) is 26.5. The highest BCUT2D eigenvalue weighted by atomic mass is 19.4. The molecule has 4 rings (SSSR count). The molecule has 1 atom stereocenters. The number of carbonyl (C=O) groups is 2. The fourth-order valence-electron chi connectivity index (χ4n) is 3.57. The van der Waals surface area contributed by atoms with Crippen molar-refractivity contribution in [2.75, 3.05) is 0 Å². The molecule has 1 aliphatic heterocycles. The molecule has 1 saturated heterocycles. The molecule has 1 fully saturated rings. The van der Waals surface area contributed by atoms with Gasteiger partial charge < -0.3 is 5.32 Å². The summed E-state index contributed by atoms with van der Waals surface area (Å²) in [7, 11) is 0. The highest BCUT2D eigenvalue weighted by Gasteiger charge is 2.49. The molecule has 0 radical (unpaired) electrons. The van der Waals surface area contributed by atoms with E-state index >= 15 is 0 Å². The molecule has 4 nitrogen and oxygen atoms in total. The van der Waals surface area contributed by atoms with E-state index in [0.29, 0.717) is 5.56 Å². The van der Waals surface area contributed by atoms with E-state index in [2.05, 4.69) is 5.32 Å². The Kier molecular flexibility index (Phi) is 4.33. The minimum atomic E-state index is -4.49. The van der Waals surface area contributed by atoms with Crippen LogP contribution in [-0.2, 0) is 23.1 Å². The average Bonchev–Trinajstić information content (AvgIpc) is 2.91. The second kappa shape index (κ2) is 6.62. The van der Waals surface area contributed by atoms with Gasteiger partial charge in [0.15, 0.2) is 0 Å². The number of benzene rings is 3. The molecular formula is C22H17F3N2O2. The Morgan fingerprint density at radius 3 is 2.38 bits per heavy atom. The first-order valence-electron chi connectivity index (χ1n) is 8.98. The van der Waals surface area contributed by atoms with Gasteiger partial charge in [-0.1, -0.05) is 48.5 Å². The van der Waals surface area contributed by atoms with E-state index in [-0.39, 0.29) is 12.1 Å². The van der Waals surface area contributed by atoms with Crippen LogP contribution in [0.3, 0.4) is 0 Å². The number of hydrogen-bond donors (Lipinski definition) is 1. The Bertz CT molecular complexity index is 1130. The molecular weight excluding hydrogens is 381 g/mol. The van der Waals surface area contributed by atoms with Gasteiger partial charge in [0.05, 0.1) is 12.1 Å². The zero-order valence-corrected chi connectivity index (χ0v) is 15.5. The van der Waals surface area contributed by atoms with E-state index in [1.54, 1.807) is 13.0 Å². The van der Waals surface area contributed by atoms with Crippen LogP contribution in [0.5, 0.6) is 0 Å². The van der Waals surface area contributed by atoms with Crippen LogP contribution in [0, 0.1) is 0 Å².